The van der Waals surface area contributed by atoms with Gasteiger partial charge in [-0.15, -0.1) is 4.72 Å². The summed E-state index contributed by atoms with van der Waals surface area (Å²) >= 11 is 2.57. The Kier molecular flexibility index (Phi) is 6.19. The van der Waals surface area contributed by atoms with Crippen LogP contribution in [0.1, 0.15) is 39.3 Å². The number of hydrogen-bond donors (Lipinski definition) is 1. The summed E-state index contributed by atoms with van der Waals surface area (Å²) in [6.07, 6.45) is 0. The monoisotopic (exact) mass is 388 g/mol. The van der Waals surface area contributed by atoms with E-state index in [4.69, 9.17) is 4.74 Å². The van der Waals surface area contributed by atoms with Gasteiger partial charge in [-0.1, -0.05) is 22.0 Å². The molecule has 2 rings (SSSR count). The van der Waals surface area contributed by atoms with Gasteiger partial charge < -0.3 is 14.2 Å². The molecule has 124 valence electrons. The molecule has 0 bridgehead atoms. The number of anilines is 1. The Morgan fingerprint density at radius 2 is 1.95 bits per heavy atom. The first-order valence-electron chi connectivity index (χ1n) is 7.59. The minimum atomic E-state index is -1.08. The highest BCUT2D eigenvalue weighted by atomic mass is 79.9. The molecular formula is C16H25BrN2O2S. The van der Waals surface area contributed by atoms with Crippen LogP contribution in [0, 0.1) is 0 Å². The third-order valence-electron chi connectivity index (χ3n) is 3.67. The second-order valence-electron chi connectivity index (χ2n) is 6.53. The molecule has 22 heavy (non-hydrogen) atoms. The summed E-state index contributed by atoms with van der Waals surface area (Å²) in [7, 11) is 0. The van der Waals surface area contributed by atoms with Crippen molar-refractivity contribution in [2.45, 2.75) is 38.5 Å². The van der Waals surface area contributed by atoms with Crippen molar-refractivity contribution in [3.8, 4) is 0 Å². The fourth-order valence-electron chi connectivity index (χ4n) is 2.29. The summed E-state index contributed by atoms with van der Waals surface area (Å²) in [5, 5.41) is 0. The number of morpholine rings is 1. The minimum Gasteiger partial charge on any atom is -0.598 e. The van der Waals surface area contributed by atoms with E-state index in [0.29, 0.717) is 0 Å². The zero-order valence-electron chi connectivity index (χ0n) is 13.7. The maximum atomic E-state index is 12.2. The lowest BCUT2D eigenvalue weighted by Crippen LogP contribution is -2.40. The Bertz CT molecular complexity index is 501. The van der Waals surface area contributed by atoms with Crippen LogP contribution in [0.4, 0.5) is 5.69 Å². The SMILES string of the molecule is C[C@H](N[S+]([O-])C(C)(C)C)c1ccc(N2CCOCC2)cc1Br. The first-order chi connectivity index (χ1) is 10.3. The highest BCUT2D eigenvalue weighted by Gasteiger charge is 2.29. The first kappa shape index (κ1) is 18.1. The average molecular weight is 389 g/mol. The van der Waals surface area contributed by atoms with Crippen molar-refractivity contribution in [1.82, 2.24) is 4.72 Å². The Balaban J connectivity index is 2.08. The predicted octanol–water partition coefficient (Wildman–Crippen LogP) is 3.40. The molecule has 0 radical (unpaired) electrons. The summed E-state index contributed by atoms with van der Waals surface area (Å²) in [6, 6.07) is 6.39. The van der Waals surface area contributed by atoms with Crippen molar-refractivity contribution >= 4 is 33.0 Å². The van der Waals surface area contributed by atoms with Gasteiger partial charge in [-0.3, -0.25) is 0 Å². The fourth-order valence-corrected chi connectivity index (χ4v) is 3.80. The first-order valence-corrected chi connectivity index (χ1v) is 9.53. The number of ether oxygens (including phenoxy) is 1. The second-order valence-corrected chi connectivity index (χ2v) is 9.38. The number of nitrogens with one attached hydrogen (secondary N) is 1. The van der Waals surface area contributed by atoms with Crippen LogP contribution in [0.3, 0.4) is 0 Å². The van der Waals surface area contributed by atoms with Gasteiger partial charge in [-0.2, -0.15) is 0 Å². The smallest absolute Gasteiger partial charge is 0.136 e. The molecular weight excluding hydrogens is 364 g/mol. The molecule has 1 aromatic carbocycles. The van der Waals surface area contributed by atoms with Crippen LogP contribution in [0.25, 0.3) is 0 Å². The molecule has 1 unspecified atom stereocenters. The van der Waals surface area contributed by atoms with Gasteiger partial charge in [-0.05, 0) is 45.4 Å². The van der Waals surface area contributed by atoms with Crippen molar-refractivity contribution in [1.29, 1.82) is 0 Å². The normalized spacial score (nSPS) is 19.1. The quantitative estimate of drug-likeness (QED) is 0.802. The van der Waals surface area contributed by atoms with E-state index in [-0.39, 0.29) is 10.8 Å². The van der Waals surface area contributed by atoms with Crippen LogP contribution in [-0.2, 0) is 16.1 Å². The average Bonchev–Trinajstić information content (AvgIpc) is 2.46. The van der Waals surface area contributed by atoms with Crippen LogP contribution < -0.4 is 9.62 Å². The van der Waals surface area contributed by atoms with E-state index in [2.05, 4.69) is 43.8 Å². The Morgan fingerprint density at radius 1 is 1.32 bits per heavy atom. The standard InChI is InChI=1S/C16H25BrN2O2S/c1-12(18-22(20)16(2,3)4)14-6-5-13(11-15(14)17)19-7-9-21-10-8-19/h5-6,11-12,18H,7-10H2,1-4H3/t12-,22?/m0/s1. The van der Waals surface area contributed by atoms with Crippen molar-refractivity contribution in [3.05, 3.63) is 28.2 Å². The highest BCUT2D eigenvalue weighted by Crippen LogP contribution is 2.30. The van der Waals surface area contributed by atoms with Gasteiger partial charge in [0.05, 0.1) is 19.3 Å². The molecule has 1 aromatic rings. The number of rotatable bonds is 4. The zero-order chi connectivity index (χ0) is 16.3. The van der Waals surface area contributed by atoms with Crippen molar-refractivity contribution in [2.75, 3.05) is 31.2 Å². The Morgan fingerprint density at radius 3 is 2.50 bits per heavy atom. The van der Waals surface area contributed by atoms with Crippen LogP contribution in [0.2, 0.25) is 0 Å². The molecule has 0 spiro atoms. The molecule has 0 aliphatic carbocycles. The largest absolute Gasteiger partial charge is 0.598 e. The molecule has 4 nitrogen and oxygen atoms in total. The fraction of sp³-hybridized carbons (Fsp3) is 0.625. The molecule has 0 aromatic heterocycles. The molecule has 1 N–H and O–H groups in total. The Hall–Kier alpha value is -0.270. The number of benzene rings is 1. The summed E-state index contributed by atoms with van der Waals surface area (Å²) in [5.41, 5.74) is 2.32. The van der Waals surface area contributed by atoms with Gasteiger partial charge in [-0.25, -0.2) is 0 Å². The number of hydrogen-bond acceptors (Lipinski definition) is 4. The van der Waals surface area contributed by atoms with E-state index in [1.54, 1.807) is 0 Å². The van der Waals surface area contributed by atoms with Gasteiger partial charge in [0.15, 0.2) is 0 Å². The lowest BCUT2D eigenvalue weighted by Gasteiger charge is -2.30. The molecule has 1 aliphatic rings. The van der Waals surface area contributed by atoms with E-state index in [1.807, 2.05) is 27.7 Å². The number of nitrogens with zero attached hydrogens (tertiary/aromatic N) is 1. The lowest BCUT2D eigenvalue weighted by atomic mass is 10.1. The highest BCUT2D eigenvalue weighted by molar-refractivity contribution is 9.10. The zero-order valence-corrected chi connectivity index (χ0v) is 16.1. The van der Waals surface area contributed by atoms with Crippen LogP contribution >= 0.6 is 15.9 Å². The van der Waals surface area contributed by atoms with E-state index in [1.165, 1.54) is 5.69 Å². The van der Waals surface area contributed by atoms with Gasteiger partial charge >= 0.3 is 0 Å². The Labute approximate surface area is 145 Å². The third-order valence-corrected chi connectivity index (χ3v) is 6.03. The van der Waals surface area contributed by atoms with E-state index >= 15 is 0 Å². The maximum absolute atomic E-state index is 12.2. The van der Waals surface area contributed by atoms with Gasteiger partial charge in [0.25, 0.3) is 0 Å². The van der Waals surface area contributed by atoms with E-state index < -0.39 is 11.4 Å². The third kappa shape index (κ3) is 4.61. The number of halogens is 1. The maximum Gasteiger partial charge on any atom is 0.136 e. The van der Waals surface area contributed by atoms with Crippen LogP contribution in [0.15, 0.2) is 22.7 Å². The van der Waals surface area contributed by atoms with Crippen LogP contribution in [0.5, 0.6) is 0 Å². The predicted molar refractivity (Wildman–Crippen MR) is 96.6 cm³/mol. The summed E-state index contributed by atoms with van der Waals surface area (Å²) in [6.45, 7) is 11.4. The summed E-state index contributed by atoms with van der Waals surface area (Å²) in [5.74, 6) is 0. The van der Waals surface area contributed by atoms with Gasteiger partial charge in [0.1, 0.15) is 4.75 Å². The second kappa shape index (κ2) is 7.53. The molecule has 1 saturated heterocycles. The van der Waals surface area contributed by atoms with Gasteiger partial charge in [0.2, 0.25) is 0 Å². The van der Waals surface area contributed by atoms with E-state index in [0.717, 1.165) is 36.3 Å². The molecule has 1 heterocycles. The molecule has 0 amide bonds. The van der Waals surface area contributed by atoms with Gasteiger partial charge in [0, 0.05) is 34.6 Å². The van der Waals surface area contributed by atoms with E-state index in [9.17, 15) is 4.55 Å². The van der Waals surface area contributed by atoms with Crippen LogP contribution in [-0.4, -0.2) is 35.6 Å². The van der Waals surface area contributed by atoms with Crippen molar-refractivity contribution in [3.63, 3.8) is 0 Å². The lowest BCUT2D eigenvalue weighted by molar-refractivity contribution is 0.122. The van der Waals surface area contributed by atoms with Crippen molar-refractivity contribution < 1.29 is 9.29 Å². The molecule has 6 heteroatoms. The topological polar surface area (TPSA) is 47.6 Å². The summed E-state index contributed by atoms with van der Waals surface area (Å²) < 4.78 is 21.6. The van der Waals surface area contributed by atoms with Crippen molar-refractivity contribution in [2.24, 2.45) is 0 Å². The molecule has 1 fully saturated rings. The molecule has 1 aliphatic heterocycles. The summed E-state index contributed by atoms with van der Waals surface area (Å²) in [4.78, 5) is 2.32. The molecule has 0 saturated carbocycles. The molecule has 2 atom stereocenters. The minimum absolute atomic E-state index is 0.0215.